The third-order valence-electron chi connectivity index (χ3n) is 10.3. The number of rotatable bonds is 18. The molecule has 0 amide bonds. The number of hydrogen-bond acceptors (Lipinski definition) is 4. The van der Waals surface area contributed by atoms with E-state index in [-0.39, 0.29) is 0 Å². The molecule has 53 heavy (non-hydrogen) atoms. The van der Waals surface area contributed by atoms with Crippen LogP contribution < -0.4 is 23.5 Å². The third kappa shape index (κ3) is 8.85. The van der Waals surface area contributed by atoms with E-state index < -0.39 is 0 Å². The molecule has 5 nitrogen and oxygen atoms in total. The zero-order valence-electron chi connectivity index (χ0n) is 31.3. The minimum atomic E-state index is 0.464. The molecular weight excluding hydrogens is 655 g/mol. The number of aryl methyl sites for hydroxylation is 3. The number of fused-ring (bicyclic) bond motifs is 4. The highest BCUT2D eigenvalue weighted by Crippen LogP contribution is 2.43. The van der Waals surface area contributed by atoms with Gasteiger partial charge in [-0.3, -0.25) is 0 Å². The molecule has 2 heterocycles. The highest BCUT2D eigenvalue weighted by Gasteiger charge is 2.31. The normalized spacial score (nSPS) is 11.9. The molecule has 0 spiro atoms. The fourth-order valence-corrected chi connectivity index (χ4v) is 7.50. The van der Waals surface area contributed by atoms with Gasteiger partial charge in [0.1, 0.15) is 19.8 Å². The maximum Gasteiger partial charge on any atom is 0.216 e. The predicted octanol–water partition coefficient (Wildman–Crippen LogP) is 11.4. The Hall–Kier alpha value is -5.29. The second kappa shape index (κ2) is 18.0. The number of methoxy groups -OCH3 is 1. The van der Waals surface area contributed by atoms with Crippen LogP contribution in [0.15, 0.2) is 121 Å². The van der Waals surface area contributed by atoms with E-state index in [0.717, 1.165) is 70.9 Å². The molecule has 0 aliphatic carbocycles. The Bertz CT molecular complexity index is 2080. The highest BCUT2D eigenvalue weighted by atomic mass is 16.5. The van der Waals surface area contributed by atoms with Gasteiger partial charge in [0.25, 0.3) is 0 Å². The van der Waals surface area contributed by atoms with E-state index in [1.165, 1.54) is 66.3 Å². The second-order valence-electron chi connectivity index (χ2n) is 14.1. The lowest BCUT2D eigenvalue weighted by atomic mass is 9.89. The lowest BCUT2D eigenvalue weighted by Gasteiger charge is -2.23. The molecule has 1 aliphatic heterocycles. The standard InChI is InChI=1S/C48H52NO4/c1-3-4-5-6-7-8-18-25-41-40-26-27-44(50-2)48(53-35-38-23-16-11-17-24-38)43(40)32-49-29-28-39-30-45(51-33-36-19-12-9-13-20-36)46(31-42(39)47(41)49)52-34-37-21-14-10-15-22-37/h9-17,19-24,26-27,30-32H,3-8,18,25,28-29,33-35H2,1-2H3/q+1. The van der Waals surface area contributed by atoms with E-state index >= 15 is 0 Å². The minimum absolute atomic E-state index is 0.464. The first kappa shape index (κ1) is 36.1. The van der Waals surface area contributed by atoms with E-state index in [9.17, 15) is 0 Å². The van der Waals surface area contributed by atoms with Gasteiger partial charge in [0.15, 0.2) is 35.7 Å². The molecule has 5 heteroatoms. The van der Waals surface area contributed by atoms with Crippen molar-refractivity contribution >= 4 is 10.8 Å². The summed E-state index contributed by atoms with van der Waals surface area (Å²) in [5.74, 6) is 3.10. The van der Waals surface area contributed by atoms with Crippen molar-refractivity contribution in [2.24, 2.45) is 0 Å². The van der Waals surface area contributed by atoms with Crippen molar-refractivity contribution in [2.45, 2.75) is 91.1 Å². The summed E-state index contributed by atoms with van der Waals surface area (Å²) < 4.78 is 28.1. The summed E-state index contributed by atoms with van der Waals surface area (Å²) in [6, 6.07) is 39.8. The van der Waals surface area contributed by atoms with Crippen LogP contribution >= 0.6 is 0 Å². The number of hydrogen-bond donors (Lipinski definition) is 0. The number of pyridine rings is 1. The van der Waals surface area contributed by atoms with Gasteiger partial charge >= 0.3 is 0 Å². The number of benzene rings is 5. The smallest absolute Gasteiger partial charge is 0.216 e. The van der Waals surface area contributed by atoms with Crippen LogP contribution in [0.2, 0.25) is 0 Å². The average Bonchev–Trinajstić information content (AvgIpc) is 3.21. The Balaban J connectivity index is 1.30. The Morgan fingerprint density at radius 3 is 1.74 bits per heavy atom. The maximum absolute atomic E-state index is 6.62. The SMILES string of the molecule is CCCCCCCCCc1c2[n+](cc3c(OCc4ccccc4)c(OC)ccc13)CCc1cc(OCc3ccccc3)c(OCc3ccccc3)cc1-2. The Kier molecular flexibility index (Phi) is 12.2. The molecule has 5 aromatic carbocycles. The molecule has 7 rings (SSSR count). The summed E-state index contributed by atoms with van der Waals surface area (Å²) in [5.41, 5.74) is 8.51. The molecule has 1 aromatic heterocycles. The van der Waals surface area contributed by atoms with Gasteiger partial charge in [0.2, 0.25) is 5.69 Å². The molecule has 6 aromatic rings. The molecule has 0 bridgehead atoms. The predicted molar refractivity (Wildman–Crippen MR) is 214 cm³/mol. The van der Waals surface area contributed by atoms with Gasteiger partial charge < -0.3 is 18.9 Å². The molecular formula is C48H52NO4+. The van der Waals surface area contributed by atoms with E-state index in [4.69, 9.17) is 18.9 Å². The van der Waals surface area contributed by atoms with Gasteiger partial charge in [0.05, 0.1) is 18.1 Å². The van der Waals surface area contributed by atoms with Crippen LogP contribution in [0.25, 0.3) is 22.0 Å². The summed E-state index contributed by atoms with van der Waals surface area (Å²) >= 11 is 0. The lowest BCUT2D eigenvalue weighted by Crippen LogP contribution is -2.41. The van der Waals surface area contributed by atoms with Crippen molar-refractivity contribution in [1.82, 2.24) is 0 Å². The van der Waals surface area contributed by atoms with Crippen molar-refractivity contribution in [1.29, 1.82) is 0 Å². The first-order chi connectivity index (χ1) is 26.2. The zero-order valence-corrected chi connectivity index (χ0v) is 31.3. The van der Waals surface area contributed by atoms with Crippen LogP contribution in [0.4, 0.5) is 0 Å². The molecule has 0 saturated heterocycles. The monoisotopic (exact) mass is 706 g/mol. The Morgan fingerprint density at radius 1 is 0.566 bits per heavy atom. The summed E-state index contributed by atoms with van der Waals surface area (Å²) in [6.07, 6.45) is 13.0. The van der Waals surface area contributed by atoms with E-state index in [2.05, 4.69) is 115 Å². The molecule has 0 atom stereocenters. The van der Waals surface area contributed by atoms with Crippen molar-refractivity contribution < 1.29 is 23.5 Å². The minimum Gasteiger partial charge on any atom is -0.493 e. The van der Waals surface area contributed by atoms with Crippen LogP contribution in [0.5, 0.6) is 23.0 Å². The van der Waals surface area contributed by atoms with Crippen molar-refractivity contribution in [3.8, 4) is 34.3 Å². The third-order valence-corrected chi connectivity index (χ3v) is 10.3. The molecule has 0 radical (unpaired) electrons. The van der Waals surface area contributed by atoms with Crippen molar-refractivity contribution in [2.75, 3.05) is 7.11 Å². The summed E-state index contributed by atoms with van der Waals surface area (Å²) in [6.45, 7) is 4.56. The quantitative estimate of drug-likeness (QED) is 0.0659. The zero-order chi connectivity index (χ0) is 36.2. The van der Waals surface area contributed by atoms with Crippen molar-refractivity contribution in [3.63, 3.8) is 0 Å². The largest absolute Gasteiger partial charge is 0.493 e. The summed E-state index contributed by atoms with van der Waals surface area (Å²) in [5, 5.41) is 2.31. The maximum atomic E-state index is 6.62. The number of unbranched alkanes of at least 4 members (excludes halogenated alkanes) is 6. The van der Waals surface area contributed by atoms with Gasteiger partial charge in [-0.1, -0.05) is 136 Å². The van der Waals surface area contributed by atoms with E-state index in [1.54, 1.807) is 7.11 Å². The van der Waals surface area contributed by atoms with Crippen LogP contribution in [-0.2, 0) is 39.2 Å². The molecule has 0 N–H and O–H groups in total. The summed E-state index contributed by atoms with van der Waals surface area (Å²) in [4.78, 5) is 0. The summed E-state index contributed by atoms with van der Waals surface area (Å²) in [7, 11) is 1.73. The molecule has 0 saturated carbocycles. The van der Waals surface area contributed by atoms with Crippen molar-refractivity contribution in [3.05, 3.63) is 149 Å². The van der Waals surface area contributed by atoms with Gasteiger partial charge in [-0.15, -0.1) is 0 Å². The average molecular weight is 707 g/mol. The first-order valence-electron chi connectivity index (χ1n) is 19.4. The van der Waals surface area contributed by atoms with Gasteiger partial charge in [-0.2, -0.15) is 4.57 Å². The second-order valence-corrected chi connectivity index (χ2v) is 14.1. The number of ether oxygens (including phenoxy) is 4. The highest BCUT2D eigenvalue weighted by molar-refractivity contribution is 5.95. The van der Waals surface area contributed by atoms with E-state index in [1.807, 2.05) is 18.2 Å². The van der Waals surface area contributed by atoms with E-state index in [0.29, 0.717) is 19.8 Å². The van der Waals surface area contributed by atoms with Crippen LogP contribution in [0.1, 0.15) is 79.7 Å². The molecule has 0 unspecified atom stereocenters. The fraction of sp³-hybridized carbons (Fsp3) is 0.312. The lowest BCUT2D eigenvalue weighted by molar-refractivity contribution is -0.686. The number of nitrogens with zero attached hydrogens (tertiary/aromatic N) is 1. The van der Waals surface area contributed by atoms with Crippen LogP contribution in [0.3, 0.4) is 0 Å². The fourth-order valence-electron chi connectivity index (χ4n) is 7.50. The van der Waals surface area contributed by atoms with Gasteiger partial charge in [-0.25, -0.2) is 0 Å². The first-order valence-corrected chi connectivity index (χ1v) is 19.4. The van der Waals surface area contributed by atoms with Gasteiger partial charge in [-0.05, 0) is 59.4 Å². The molecule has 1 aliphatic rings. The van der Waals surface area contributed by atoms with Crippen LogP contribution in [0, 0.1) is 0 Å². The number of aromatic nitrogens is 1. The van der Waals surface area contributed by atoms with Gasteiger partial charge in [0, 0.05) is 17.4 Å². The Labute approximate surface area is 315 Å². The molecule has 0 fully saturated rings. The topological polar surface area (TPSA) is 40.8 Å². The Morgan fingerprint density at radius 2 is 1.13 bits per heavy atom. The van der Waals surface area contributed by atoms with Crippen LogP contribution in [-0.4, -0.2) is 7.11 Å². The molecule has 272 valence electrons.